The lowest BCUT2D eigenvalue weighted by Gasteiger charge is -2.05. The maximum atomic E-state index is 12.3. The van der Waals surface area contributed by atoms with Crippen molar-refractivity contribution in [1.82, 2.24) is 14.1 Å². The Bertz CT molecular complexity index is 1010. The number of imidazole rings is 1. The van der Waals surface area contributed by atoms with Crippen molar-refractivity contribution in [2.24, 2.45) is 0 Å². The number of ketones is 1. The lowest BCUT2D eigenvalue weighted by Crippen LogP contribution is -2.23. The molecule has 0 radical (unpaired) electrons. The number of carbonyl (C=O) groups excluding carboxylic acids is 1. The Balaban J connectivity index is 1.77. The number of carbonyl (C=O) groups is 1. The summed E-state index contributed by atoms with van der Waals surface area (Å²) in [5.41, 5.74) is 1.71. The fraction of sp³-hybridized carbons (Fsp3) is 0.125. The largest absolute Gasteiger partial charge is 0.305 e. The van der Waals surface area contributed by atoms with E-state index in [1.165, 1.54) is 31.2 Å². The number of fused-ring (bicyclic) bond motifs is 1. The molecule has 3 aromatic rings. The molecule has 0 spiro atoms. The van der Waals surface area contributed by atoms with Crippen LogP contribution in [-0.4, -0.2) is 23.6 Å². The zero-order chi connectivity index (χ0) is 17.3. The van der Waals surface area contributed by atoms with E-state index >= 15 is 0 Å². The number of Topliss-reactive ketones (excluding diaryl/α,β-unsaturated/α-hetero) is 1. The molecule has 124 valence electrons. The molecule has 0 bridgehead atoms. The van der Waals surface area contributed by atoms with Gasteiger partial charge in [-0.05, 0) is 31.2 Å². The Morgan fingerprint density at radius 1 is 1.17 bits per heavy atom. The van der Waals surface area contributed by atoms with Gasteiger partial charge in [0.2, 0.25) is 10.0 Å². The molecular weight excluding hydrogens is 350 g/mol. The second-order valence-corrected chi connectivity index (χ2v) is 7.45. The summed E-state index contributed by atoms with van der Waals surface area (Å²) in [6.45, 7) is 1.48. The molecule has 0 fully saturated rings. The van der Waals surface area contributed by atoms with Gasteiger partial charge in [0.15, 0.2) is 5.78 Å². The first kappa shape index (κ1) is 16.6. The molecule has 2 heterocycles. The van der Waals surface area contributed by atoms with E-state index in [0.29, 0.717) is 21.9 Å². The van der Waals surface area contributed by atoms with E-state index in [-0.39, 0.29) is 17.2 Å². The van der Waals surface area contributed by atoms with Gasteiger partial charge < -0.3 is 4.40 Å². The zero-order valence-corrected chi connectivity index (χ0v) is 14.3. The van der Waals surface area contributed by atoms with Crippen molar-refractivity contribution >= 4 is 33.1 Å². The lowest BCUT2D eigenvalue weighted by molar-refractivity contribution is 0.101. The molecule has 0 atom stereocenters. The first-order valence-corrected chi connectivity index (χ1v) is 8.95. The minimum Gasteiger partial charge on any atom is -0.305 e. The van der Waals surface area contributed by atoms with Crippen molar-refractivity contribution in [3.63, 3.8) is 0 Å². The van der Waals surface area contributed by atoms with E-state index in [9.17, 15) is 13.2 Å². The summed E-state index contributed by atoms with van der Waals surface area (Å²) in [5, 5.41) is 0.567. The van der Waals surface area contributed by atoms with Crippen LogP contribution in [0.3, 0.4) is 0 Å². The number of benzene rings is 1. The predicted molar refractivity (Wildman–Crippen MR) is 90.7 cm³/mol. The van der Waals surface area contributed by atoms with Gasteiger partial charge in [-0.25, -0.2) is 18.1 Å². The highest BCUT2D eigenvalue weighted by molar-refractivity contribution is 7.89. The summed E-state index contributed by atoms with van der Waals surface area (Å²) in [4.78, 5) is 15.7. The number of rotatable bonds is 5. The summed E-state index contributed by atoms with van der Waals surface area (Å²) in [6.07, 6.45) is 3.41. The van der Waals surface area contributed by atoms with Crippen molar-refractivity contribution < 1.29 is 13.2 Å². The molecular formula is C16H14ClN3O3S. The Morgan fingerprint density at radius 2 is 1.88 bits per heavy atom. The minimum atomic E-state index is -3.68. The summed E-state index contributed by atoms with van der Waals surface area (Å²) < 4.78 is 28.8. The highest BCUT2D eigenvalue weighted by Gasteiger charge is 2.15. The fourth-order valence-corrected chi connectivity index (χ4v) is 3.39. The third kappa shape index (κ3) is 3.48. The molecule has 0 aliphatic heterocycles. The average molecular weight is 364 g/mol. The number of nitrogens with one attached hydrogen (secondary N) is 1. The third-order valence-electron chi connectivity index (χ3n) is 3.48. The second kappa shape index (κ2) is 6.35. The quantitative estimate of drug-likeness (QED) is 0.707. The topological polar surface area (TPSA) is 80.5 Å². The maximum absolute atomic E-state index is 12.3. The summed E-state index contributed by atoms with van der Waals surface area (Å²) in [7, 11) is -3.68. The van der Waals surface area contributed by atoms with E-state index < -0.39 is 10.0 Å². The summed E-state index contributed by atoms with van der Waals surface area (Å²) in [5.74, 6) is -0.115. The first-order valence-electron chi connectivity index (χ1n) is 7.09. The Hall–Kier alpha value is -2.22. The van der Waals surface area contributed by atoms with E-state index in [2.05, 4.69) is 9.71 Å². The minimum absolute atomic E-state index is 0.0517. The van der Waals surface area contributed by atoms with Crippen molar-refractivity contribution in [3.8, 4) is 0 Å². The zero-order valence-electron chi connectivity index (χ0n) is 12.7. The summed E-state index contributed by atoms with van der Waals surface area (Å²) >= 11 is 5.91. The van der Waals surface area contributed by atoms with Gasteiger partial charge in [0.25, 0.3) is 0 Å². The Kier molecular flexibility index (Phi) is 4.40. The monoisotopic (exact) mass is 363 g/mol. The predicted octanol–water partition coefficient (Wildman–Crippen LogP) is 2.67. The van der Waals surface area contributed by atoms with E-state index in [1.54, 1.807) is 28.9 Å². The van der Waals surface area contributed by atoms with Crippen LogP contribution in [0, 0.1) is 0 Å². The molecule has 3 rings (SSSR count). The number of pyridine rings is 1. The normalized spacial score (nSPS) is 11.8. The van der Waals surface area contributed by atoms with E-state index in [0.717, 1.165) is 0 Å². The summed E-state index contributed by atoms with van der Waals surface area (Å²) in [6, 6.07) is 9.26. The van der Waals surface area contributed by atoms with Gasteiger partial charge in [-0.1, -0.05) is 23.7 Å². The first-order chi connectivity index (χ1) is 11.3. The van der Waals surface area contributed by atoms with Crippen LogP contribution in [0.5, 0.6) is 0 Å². The van der Waals surface area contributed by atoms with Crippen LogP contribution >= 0.6 is 11.6 Å². The smallest absolute Gasteiger partial charge is 0.240 e. The molecule has 6 nitrogen and oxygen atoms in total. The van der Waals surface area contributed by atoms with Crippen molar-refractivity contribution in [2.75, 3.05) is 0 Å². The van der Waals surface area contributed by atoms with Gasteiger partial charge in [0, 0.05) is 18.0 Å². The number of aromatic nitrogens is 2. The van der Waals surface area contributed by atoms with Crippen LogP contribution in [0.2, 0.25) is 5.02 Å². The van der Waals surface area contributed by atoms with Gasteiger partial charge in [0.1, 0.15) is 5.65 Å². The number of hydrogen-bond donors (Lipinski definition) is 1. The van der Waals surface area contributed by atoms with Gasteiger partial charge in [-0.2, -0.15) is 0 Å². The van der Waals surface area contributed by atoms with Crippen LogP contribution in [0.25, 0.3) is 5.65 Å². The Labute approximate surface area is 144 Å². The highest BCUT2D eigenvalue weighted by Crippen LogP contribution is 2.14. The number of halogens is 1. The third-order valence-corrected chi connectivity index (χ3v) is 5.12. The van der Waals surface area contributed by atoms with Gasteiger partial charge >= 0.3 is 0 Å². The van der Waals surface area contributed by atoms with Crippen LogP contribution in [0.1, 0.15) is 23.0 Å². The molecule has 0 saturated heterocycles. The van der Waals surface area contributed by atoms with E-state index in [4.69, 9.17) is 11.6 Å². The van der Waals surface area contributed by atoms with Gasteiger partial charge in [0.05, 0.1) is 22.2 Å². The standard InChI is InChI=1S/C16H14ClN3O3S/c1-11(21)12-2-5-15(6-3-12)24(22,23)18-8-14-10-20-9-13(17)4-7-16(20)19-14/h2-7,9-10,18H,8H2,1H3. The molecule has 1 N–H and O–H groups in total. The van der Waals surface area contributed by atoms with Gasteiger partial charge in [-0.15, -0.1) is 0 Å². The molecule has 0 unspecified atom stereocenters. The number of hydrogen-bond acceptors (Lipinski definition) is 4. The van der Waals surface area contributed by atoms with Crippen LogP contribution < -0.4 is 4.72 Å². The van der Waals surface area contributed by atoms with Crippen molar-refractivity contribution in [1.29, 1.82) is 0 Å². The maximum Gasteiger partial charge on any atom is 0.240 e. The fourth-order valence-electron chi connectivity index (χ4n) is 2.22. The van der Waals surface area contributed by atoms with Crippen molar-refractivity contribution in [3.05, 3.63) is 65.1 Å². The molecule has 8 heteroatoms. The van der Waals surface area contributed by atoms with Crippen LogP contribution in [0.15, 0.2) is 53.7 Å². The molecule has 1 aromatic carbocycles. The highest BCUT2D eigenvalue weighted by atomic mass is 35.5. The molecule has 0 saturated carbocycles. The molecule has 0 aliphatic carbocycles. The van der Waals surface area contributed by atoms with Crippen LogP contribution in [0.4, 0.5) is 0 Å². The van der Waals surface area contributed by atoms with E-state index in [1.807, 2.05) is 0 Å². The molecule has 0 aliphatic rings. The van der Waals surface area contributed by atoms with Crippen molar-refractivity contribution in [2.45, 2.75) is 18.4 Å². The van der Waals surface area contributed by atoms with Crippen LogP contribution in [-0.2, 0) is 16.6 Å². The number of nitrogens with zero attached hydrogens (tertiary/aromatic N) is 2. The second-order valence-electron chi connectivity index (χ2n) is 5.25. The van der Waals surface area contributed by atoms with Gasteiger partial charge in [-0.3, -0.25) is 4.79 Å². The number of sulfonamides is 1. The molecule has 0 amide bonds. The lowest BCUT2D eigenvalue weighted by atomic mass is 10.2. The Morgan fingerprint density at radius 3 is 2.54 bits per heavy atom. The molecule has 2 aromatic heterocycles. The average Bonchev–Trinajstić information content (AvgIpc) is 2.95. The molecule has 24 heavy (non-hydrogen) atoms. The SMILES string of the molecule is CC(=O)c1ccc(S(=O)(=O)NCc2cn3cc(Cl)ccc3n2)cc1.